The van der Waals surface area contributed by atoms with Crippen LogP contribution in [0.1, 0.15) is 26.7 Å². The van der Waals surface area contributed by atoms with E-state index in [4.69, 9.17) is 9.47 Å². The fourth-order valence-corrected chi connectivity index (χ4v) is 2.97. The molecule has 1 saturated carbocycles. The summed E-state index contributed by atoms with van der Waals surface area (Å²) in [7, 11) is 3.37. The summed E-state index contributed by atoms with van der Waals surface area (Å²) in [6, 6.07) is 5.14. The number of benzene rings is 1. The van der Waals surface area contributed by atoms with Gasteiger partial charge in [0, 0.05) is 17.9 Å². The van der Waals surface area contributed by atoms with E-state index in [-0.39, 0.29) is 23.0 Å². The van der Waals surface area contributed by atoms with Gasteiger partial charge in [-0.05, 0) is 25.6 Å². The fraction of sp³-hybridized carbons (Fsp3) is 0.600. The van der Waals surface area contributed by atoms with E-state index in [1.165, 1.54) is 13.2 Å². The highest BCUT2D eigenvalue weighted by molar-refractivity contribution is 5.51. The van der Waals surface area contributed by atoms with Crippen molar-refractivity contribution < 1.29 is 14.4 Å². The van der Waals surface area contributed by atoms with Gasteiger partial charge >= 0.3 is 5.69 Å². The smallest absolute Gasteiger partial charge is 0.314 e. The van der Waals surface area contributed by atoms with E-state index in [9.17, 15) is 10.1 Å². The van der Waals surface area contributed by atoms with Gasteiger partial charge in [0.1, 0.15) is 11.9 Å². The van der Waals surface area contributed by atoms with Crippen LogP contribution < -0.4 is 14.8 Å². The van der Waals surface area contributed by atoms with Gasteiger partial charge in [0.25, 0.3) is 0 Å². The predicted molar refractivity (Wildman–Crippen MR) is 79.9 cm³/mol. The Labute approximate surface area is 124 Å². The summed E-state index contributed by atoms with van der Waals surface area (Å²) in [4.78, 5) is 10.6. The van der Waals surface area contributed by atoms with E-state index < -0.39 is 4.92 Å². The molecule has 3 unspecified atom stereocenters. The summed E-state index contributed by atoms with van der Waals surface area (Å²) >= 11 is 0. The first kappa shape index (κ1) is 15.6. The van der Waals surface area contributed by atoms with Crippen LogP contribution in [0, 0.1) is 15.5 Å². The van der Waals surface area contributed by atoms with Crippen LogP contribution in [0.15, 0.2) is 18.2 Å². The molecule has 0 heterocycles. The SMILES string of the molecule is CCC1(C)C(NC)CC1Oc1ccc(OC)c([N+](=O)[O-])c1. The monoisotopic (exact) mass is 294 g/mol. The lowest BCUT2D eigenvalue weighted by Gasteiger charge is -2.53. The minimum Gasteiger partial charge on any atom is -0.490 e. The zero-order valence-corrected chi connectivity index (χ0v) is 12.9. The molecule has 1 N–H and O–H groups in total. The zero-order valence-electron chi connectivity index (χ0n) is 12.9. The van der Waals surface area contributed by atoms with Crippen LogP contribution in [0.3, 0.4) is 0 Å². The zero-order chi connectivity index (χ0) is 15.6. The number of hydrogen-bond donors (Lipinski definition) is 1. The molecule has 0 bridgehead atoms. The van der Waals surface area contributed by atoms with E-state index in [0.717, 1.165) is 12.8 Å². The Morgan fingerprint density at radius 3 is 2.76 bits per heavy atom. The number of nitrogens with one attached hydrogen (secondary N) is 1. The van der Waals surface area contributed by atoms with E-state index in [2.05, 4.69) is 19.2 Å². The number of nitro benzene ring substituents is 1. The van der Waals surface area contributed by atoms with Crippen molar-refractivity contribution in [3.63, 3.8) is 0 Å². The van der Waals surface area contributed by atoms with E-state index >= 15 is 0 Å². The van der Waals surface area contributed by atoms with Gasteiger partial charge in [0.2, 0.25) is 0 Å². The molecule has 0 aliphatic heterocycles. The number of methoxy groups -OCH3 is 1. The van der Waals surface area contributed by atoms with Gasteiger partial charge in [-0.15, -0.1) is 0 Å². The van der Waals surface area contributed by atoms with Crippen molar-refractivity contribution in [2.24, 2.45) is 5.41 Å². The molecule has 0 saturated heterocycles. The molecule has 6 heteroatoms. The van der Waals surface area contributed by atoms with Crippen LogP contribution in [0.2, 0.25) is 0 Å². The molecule has 0 radical (unpaired) electrons. The molecular weight excluding hydrogens is 272 g/mol. The topological polar surface area (TPSA) is 73.6 Å². The van der Waals surface area contributed by atoms with Gasteiger partial charge in [0.15, 0.2) is 5.75 Å². The molecule has 1 aromatic rings. The van der Waals surface area contributed by atoms with Crippen LogP contribution in [-0.4, -0.2) is 31.2 Å². The Kier molecular flexibility index (Phi) is 4.37. The standard InChI is InChI=1S/C15H22N2O4/c1-5-15(2)13(16-3)9-14(15)21-10-6-7-12(20-4)11(8-10)17(18)19/h6-8,13-14,16H,5,9H2,1-4H3. The first-order chi connectivity index (χ1) is 9.96. The highest BCUT2D eigenvalue weighted by Crippen LogP contribution is 2.46. The largest absolute Gasteiger partial charge is 0.490 e. The quantitative estimate of drug-likeness (QED) is 0.645. The second-order valence-electron chi connectivity index (χ2n) is 5.63. The number of nitrogens with zero attached hydrogens (tertiary/aromatic N) is 1. The summed E-state index contributed by atoms with van der Waals surface area (Å²) in [5.74, 6) is 0.758. The van der Waals surface area contributed by atoms with Gasteiger partial charge < -0.3 is 14.8 Å². The second kappa shape index (κ2) is 5.89. The van der Waals surface area contributed by atoms with Gasteiger partial charge in [-0.3, -0.25) is 10.1 Å². The van der Waals surface area contributed by atoms with Crippen LogP contribution in [0.5, 0.6) is 11.5 Å². The molecule has 0 aromatic heterocycles. The van der Waals surface area contributed by atoms with Gasteiger partial charge in [-0.1, -0.05) is 13.8 Å². The molecule has 2 rings (SSSR count). The third kappa shape index (κ3) is 2.68. The molecule has 3 atom stereocenters. The maximum Gasteiger partial charge on any atom is 0.314 e. The summed E-state index contributed by atoms with van der Waals surface area (Å²) in [6.45, 7) is 4.32. The van der Waals surface area contributed by atoms with Crippen molar-refractivity contribution in [2.45, 2.75) is 38.8 Å². The molecule has 116 valence electrons. The molecule has 1 aliphatic rings. The highest BCUT2D eigenvalue weighted by atomic mass is 16.6. The average Bonchev–Trinajstić information content (AvgIpc) is 2.49. The summed E-state index contributed by atoms with van der Waals surface area (Å²) in [5, 5.41) is 14.3. The van der Waals surface area contributed by atoms with Crippen molar-refractivity contribution in [1.82, 2.24) is 5.32 Å². The van der Waals surface area contributed by atoms with Crippen molar-refractivity contribution >= 4 is 5.69 Å². The Balaban J connectivity index is 2.18. The summed E-state index contributed by atoms with van der Waals surface area (Å²) < 4.78 is 11.0. The number of ether oxygens (including phenoxy) is 2. The van der Waals surface area contributed by atoms with Crippen molar-refractivity contribution in [3.8, 4) is 11.5 Å². The van der Waals surface area contributed by atoms with Crippen molar-refractivity contribution in [3.05, 3.63) is 28.3 Å². The van der Waals surface area contributed by atoms with Crippen LogP contribution in [0.4, 0.5) is 5.69 Å². The lowest BCUT2D eigenvalue weighted by Crippen LogP contribution is -2.62. The van der Waals surface area contributed by atoms with E-state index in [1.807, 2.05) is 7.05 Å². The predicted octanol–water partition coefficient (Wildman–Crippen LogP) is 2.76. The Bertz CT molecular complexity index is 534. The van der Waals surface area contributed by atoms with Crippen LogP contribution in [-0.2, 0) is 0 Å². The first-order valence-electron chi connectivity index (χ1n) is 7.12. The van der Waals surface area contributed by atoms with E-state index in [0.29, 0.717) is 11.8 Å². The Morgan fingerprint density at radius 2 is 2.24 bits per heavy atom. The Morgan fingerprint density at radius 1 is 1.52 bits per heavy atom. The molecule has 0 spiro atoms. The third-order valence-electron chi connectivity index (χ3n) is 4.72. The molecule has 21 heavy (non-hydrogen) atoms. The normalized spacial score (nSPS) is 27.8. The average molecular weight is 294 g/mol. The van der Waals surface area contributed by atoms with Crippen molar-refractivity contribution in [2.75, 3.05) is 14.2 Å². The second-order valence-corrected chi connectivity index (χ2v) is 5.63. The maximum atomic E-state index is 11.0. The number of rotatable bonds is 6. The first-order valence-corrected chi connectivity index (χ1v) is 7.12. The van der Waals surface area contributed by atoms with Gasteiger partial charge in [-0.2, -0.15) is 0 Å². The molecule has 1 fully saturated rings. The highest BCUT2D eigenvalue weighted by Gasteiger charge is 2.51. The maximum absolute atomic E-state index is 11.0. The lowest BCUT2D eigenvalue weighted by atomic mass is 9.61. The molecular formula is C15H22N2O4. The molecule has 6 nitrogen and oxygen atoms in total. The minimum atomic E-state index is -0.456. The fourth-order valence-electron chi connectivity index (χ4n) is 2.97. The number of hydrogen-bond acceptors (Lipinski definition) is 5. The lowest BCUT2D eigenvalue weighted by molar-refractivity contribution is -0.385. The molecule has 0 amide bonds. The number of nitro groups is 1. The van der Waals surface area contributed by atoms with Crippen molar-refractivity contribution in [1.29, 1.82) is 0 Å². The molecule has 1 aliphatic carbocycles. The van der Waals surface area contributed by atoms with Gasteiger partial charge in [0.05, 0.1) is 18.1 Å². The minimum absolute atomic E-state index is 0.0451. The summed E-state index contributed by atoms with van der Waals surface area (Å²) in [6.07, 6.45) is 1.95. The van der Waals surface area contributed by atoms with Crippen LogP contribution in [0.25, 0.3) is 0 Å². The molecule has 1 aromatic carbocycles. The van der Waals surface area contributed by atoms with E-state index in [1.54, 1.807) is 12.1 Å². The third-order valence-corrected chi connectivity index (χ3v) is 4.72. The van der Waals surface area contributed by atoms with Gasteiger partial charge in [-0.25, -0.2) is 0 Å². The van der Waals surface area contributed by atoms with Crippen LogP contribution >= 0.6 is 0 Å². The Hall–Kier alpha value is -1.82. The summed E-state index contributed by atoms with van der Waals surface area (Å²) in [5.41, 5.74) is -0.0265.